The van der Waals surface area contributed by atoms with E-state index in [1.165, 1.54) is 148 Å². The van der Waals surface area contributed by atoms with Crippen molar-refractivity contribution in [1.82, 2.24) is 0 Å². The number of unbranched alkanes of at least 4 members (excludes halogenated alkanes) is 30. The summed E-state index contributed by atoms with van der Waals surface area (Å²) in [7, 11) is 0. The summed E-state index contributed by atoms with van der Waals surface area (Å²) in [5.74, 6) is -0.894. The number of hydrogen-bond donors (Lipinski definition) is 0. The minimum absolute atomic E-state index is 0.0813. The molecule has 0 aromatic rings. The van der Waals surface area contributed by atoms with E-state index in [4.69, 9.17) is 14.2 Å². The van der Waals surface area contributed by atoms with Gasteiger partial charge in [0.1, 0.15) is 13.2 Å². The first kappa shape index (κ1) is 68.6. The van der Waals surface area contributed by atoms with Crippen LogP contribution in [-0.4, -0.2) is 37.2 Å². The van der Waals surface area contributed by atoms with Crippen LogP contribution in [0.5, 0.6) is 0 Å². The van der Waals surface area contributed by atoms with E-state index < -0.39 is 6.10 Å². The average Bonchev–Trinajstić information content (AvgIpc) is 3.38. The van der Waals surface area contributed by atoms with E-state index in [9.17, 15) is 14.4 Å². The zero-order valence-corrected chi connectivity index (χ0v) is 47.4. The summed E-state index contributed by atoms with van der Waals surface area (Å²) < 4.78 is 16.8. The number of allylic oxidation sites excluding steroid dienone is 14. The molecule has 0 heterocycles. The van der Waals surface area contributed by atoms with E-state index in [2.05, 4.69) is 106 Å². The molecule has 0 aliphatic heterocycles. The molecule has 6 nitrogen and oxygen atoms in total. The number of rotatable bonds is 55. The molecule has 0 N–H and O–H groups in total. The fraction of sp³-hybridized carbons (Fsp3) is 0.742. The van der Waals surface area contributed by atoms with Gasteiger partial charge in [-0.3, -0.25) is 14.4 Å². The summed E-state index contributed by atoms with van der Waals surface area (Å²) in [6.07, 6.45) is 78.8. The molecule has 0 aromatic heterocycles. The molecule has 0 aliphatic rings. The highest BCUT2D eigenvalue weighted by Gasteiger charge is 2.19. The molecule has 0 aromatic carbocycles. The van der Waals surface area contributed by atoms with Crippen LogP contribution in [0.1, 0.15) is 297 Å². The van der Waals surface area contributed by atoms with Gasteiger partial charge >= 0.3 is 17.9 Å². The maximum Gasteiger partial charge on any atom is 0.306 e. The first-order chi connectivity index (χ1) is 35.5. The van der Waals surface area contributed by atoms with Gasteiger partial charge in [0.25, 0.3) is 0 Å². The third-order valence-electron chi connectivity index (χ3n) is 13.1. The Morgan fingerprint density at radius 2 is 0.542 bits per heavy atom. The van der Waals surface area contributed by atoms with Crippen LogP contribution in [0, 0.1) is 0 Å². The highest BCUT2D eigenvalue weighted by atomic mass is 16.6. The van der Waals surface area contributed by atoms with Crippen molar-refractivity contribution in [2.75, 3.05) is 13.2 Å². The van der Waals surface area contributed by atoms with Crippen molar-refractivity contribution in [1.29, 1.82) is 0 Å². The smallest absolute Gasteiger partial charge is 0.306 e. The van der Waals surface area contributed by atoms with Crippen LogP contribution in [0.2, 0.25) is 0 Å². The molecular weight excluding hydrogens is 889 g/mol. The number of carbonyl (C=O) groups is 3. The lowest BCUT2D eigenvalue weighted by Crippen LogP contribution is -2.30. The van der Waals surface area contributed by atoms with Crippen LogP contribution >= 0.6 is 0 Å². The molecule has 0 rings (SSSR count). The molecular formula is C66H114O6. The summed E-state index contributed by atoms with van der Waals surface area (Å²) in [4.78, 5) is 38.1. The first-order valence-corrected chi connectivity index (χ1v) is 30.6. The highest BCUT2D eigenvalue weighted by molar-refractivity contribution is 5.71. The standard InChI is InChI=1S/C66H114O6/c1-4-7-10-13-16-19-21-23-25-27-29-30-31-32-33-34-35-36-38-39-41-43-45-47-50-53-56-59-65(68)71-62-63(61-70-64(67)58-55-52-49-18-15-12-9-6-3)72-66(69)60-57-54-51-48-46-44-42-40-37-28-26-24-22-20-17-14-11-8-5-2/h8,11,17,20-21,23-24,26-27,29,31-32,37,40,63H,4-7,9-10,12-16,18-19,22,25,28,30,33-36,38-39,41-62H2,1-3H3/b11-8-,20-17-,23-21-,26-24-,29-27-,32-31-,40-37-. The van der Waals surface area contributed by atoms with Crippen LogP contribution < -0.4 is 0 Å². The van der Waals surface area contributed by atoms with E-state index in [1.807, 2.05) is 0 Å². The van der Waals surface area contributed by atoms with Crippen LogP contribution in [0.4, 0.5) is 0 Å². The van der Waals surface area contributed by atoms with Gasteiger partial charge in [-0.05, 0) is 96.3 Å². The molecule has 72 heavy (non-hydrogen) atoms. The lowest BCUT2D eigenvalue weighted by Gasteiger charge is -2.18. The Bertz CT molecular complexity index is 1380. The maximum absolute atomic E-state index is 12.8. The minimum atomic E-state index is -0.783. The van der Waals surface area contributed by atoms with Crippen molar-refractivity contribution in [3.63, 3.8) is 0 Å². The molecule has 414 valence electrons. The largest absolute Gasteiger partial charge is 0.462 e. The average molecular weight is 1000 g/mol. The lowest BCUT2D eigenvalue weighted by molar-refractivity contribution is -0.167. The van der Waals surface area contributed by atoms with E-state index in [1.54, 1.807) is 0 Å². The first-order valence-electron chi connectivity index (χ1n) is 30.6. The topological polar surface area (TPSA) is 78.9 Å². The number of ether oxygens (including phenoxy) is 3. The summed E-state index contributed by atoms with van der Waals surface area (Å²) in [5.41, 5.74) is 0. The fourth-order valence-corrected chi connectivity index (χ4v) is 8.56. The van der Waals surface area contributed by atoms with Gasteiger partial charge in [-0.1, -0.05) is 266 Å². The van der Waals surface area contributed by atoms with Gasteiger partial charge in [0.2, 0.25) is 0 Å². The Morgan fingerprint density at radius 1 is 0.292 bits per heavy atom. The summed E-state index contributed by atoms with van der Waals surface area (Å²) in [6.45, 7) is 6.49. The zero-order chi connectivity index (χ0) is 52.2. The van der Waals surface area contributed by atoms with Gasteiger partial charge in [-0.25, -0.2) is 0 Å². The van der Waals surface area contributed by atoms with E-state index in [0.717, 1.165) is 109 Å². The Hall–Kier alpha value is -3.41. The summed E-state index contributed by atoms with van der Waals surface area (Å²) in [6, 6.07) is 0. The van der Waals surface area contributed by atoms with Gasteiger partial charge in [-0.15, -0.1) is 0 Å². The molecule has 0 fully saturated rings. The minimum Gasteiger partial charge on any atom is -0.462 e. The summed E-state index contributed by atoms with van der Waals surface area (Å²) in [5, 5.41) is 0. The van der Waals surface area contributed by atoms with Crippen LogP contribution in [0.25, 0.3) is 0 Å². The van der Waals surface area contributed by atoms with Crippen LogP contribution in [-0.2, 0) is 28.6 Å². The fourth-order valence-electron chi connectivity index (χ4n) is 8.56. The Morgan fingerprint density at radius 3 is 0.847 bits per heavy atom. The number of hydrogen-bond acceptors (Lipinski definition) is 6. The second-order valence-electron chi connectivity index (χ2n) is 20.2. The molecule has 1 unspecified atom stereocenters. The molecule has 0 radical (unpaired) electrons. The van der Waals surface area contributed by atoms with Crippen molar-refractivity contribution in [3.05, 3.63) is 85.1 Å². The maximum atomic E-state index is 12.8. The van der Waals surface area contributed by atoms with Crippen molar-refractivity contribution in [2.24, 2.45) is 0 Å². The van der Waals surface area contributed by atoms with Crippen molar-refractivity contribution in [3.8, 4) is 0 Å². The van der Waals surface area contributed by atoms with Gasteiger partial charge in [0.05, 0.1) is 0 Å². The predicted octanol–water partition coefficient (Wildman–Crippen LogP) is 20.7. The third kappa shape index (κ3) is 57.5. The molecule has 0 spiro atoms. The molecule has 1 atom stereocenters. The quantitative estimate of drug-likeness (QED) is 0.0261. The van der Waals surface area contributed by atoms with Crippen molar-refractivity contribution >= 4 is 17.9 Å². The SMILES string of the molecule is CC/C=C\C/C=C\C/C=C\C/C=C\CCCCCCCCC(=O)OC(COC(=O)CCCCCCCCCC)COC(=O)CCCCCCCCCCCCCC/C=C\C/C=C\C/C=C\CCCCCCC. The second kappa shape index (κ2) is 60.1. The van der Waals surface area contributed by atoms with Gasteiger partial charge in [-0.2, -0.15) is 0 Å². The lowest BCUT2D eigenvalue weighted by atomic mass is 10.0. The molecule has 0 saturated heterocycles. The van der Waals surface area contributed by atoms with Crippen molar-refractivity contribution < 1.29 is 28.6 Å². The van der Waals surface area contributed by atoms with Crippen LogP contribution in [0.3, 0.4) is 0 Å². The number of carbonyl (C=O) groups excluding carboxylic acids is 3. The Kier molecular flexibility index (Phi) is 57.3. The number of esters is 3. The molecule has 0 amide bonds. The van der Waals surface area contributed by atoms with E-state index >= 15 is 0 Å². The Labute approximate surface area is 445 Å². The summed E-state index contributed by atoms with van der Waals surface area (Å²) >= 11 is 0. The monoisotopic (exact) mass is 1000 g/mol. The molecule has 0 saturated carbocycles. The highest BCUT2D eigenvalue weighted by Crippen LogP contribution is 2.16. The normalized spacial score (nSPS) is 12.7. The van der Waals surface area contributed by atoms with Crippen molar-refractivity contribution in [2.45, 2.75) is 303 Å². The van der Waals surface area contributed by atoms with E-state index in [0.29, 0.717) is 19.3 Å². The van der Waals surface area contributed by atoms with Gasteiger partial charge < -0.3 is 14.2 Å². The molecule has 0 aliphatic carbocycles. The third-order valence-corrected chi connectivity index (χ3v) is 13.1. The second-order valence-corrected chi connectivity index (χ2v) is 20.2. The molecule has 6 heteroatoms. The van der Waals surface area contributed by atoms with Gasteiger partial charge in [0.15, 0.2) is 6.10 Å². The Balaban J connectivity index is 4.19. The van der Waals surface area contributed by atoms with Gasteiger partial charge in [0, 0.05) is 19.3 Å². The van der Waals surface area contributed by atoms with Crippen LogP contribution in [0.15, 0.2) is 85.1 Å². The predicted molar refractivity (Wildman–Crippen MR) is 311 cm³/mol. The molecule has 0 bridgehead atoms. The van der Waals surface area contributed by atoms with E-state index in [-0.39, 0.29) is 31.1 Å². The zero-order valence-electron chi connectivity index (χ0n) is 47.4.